The van der Waals surface area contributed by atoms with Gasteiger partial charge in [-0.2, -0.15) is 0 Å². The van der Waals surface area contributed by atoms with Gasteiger partial charge in [-0.15, -0.1) is 12.4 Å². The Hall–Kier alpha value is -1.11. The van der Waals surface area contributed by atoms with Gasteiger partial charge in [-0.25, -0.2) is 8.42 Å². The summed E-state index contributed by atoms with van der Waals surface area (Å²) >= 11 is 0. The van der Waals surface area contributed by atoms with Crippen LogP contribution in [0, 0.1) is 0 Å². The number of nitrogens with one attached hydrogen (secondary N) is 1. The van der Waals surface area contributed by atoms with Crippen LogP contribution in [0.15, 0.2) is 29.2 Å². The summed E-state index contributed by atoms with van der Waals surface area (Å²) in [7, 11) is -3.26. The highest BCUT2D eigenvalue weighted by Gasteiger charge is 2.31. The molecule has 2 aliphatic rings. The second-order valence-electron chi connectivity index (χ2n) is 7.15. The van der Waals surface area contributed by atoms with Crippen molar-refractivity contribution in [2.24, 2.45) is 0 Å². The highest BCUT2D eigenvalue weighted by molar-refractivity contribution is 7.92. The van der Waals surface area contributed by atoms with Crippen molar-refractivity contribution in [3.05, 3.63) is 29.8 Å². The van der Waals surface area contributed by atoms with Gasteiger partial charge in [0.2, 0.25) is 0 Å². The molecule has 2 unspecified atom stereocenters. The van der Waals surface area contributed by atoms with Crippen LogP contribution >= 0.6 is 12.4 Å². The van der Waals surface area contributed by atoms with Crippen LogP contribution in [0.2, 0.25) is 0 Å². The summed E-state index contributed by atoms with van der Waals surface area (Å²) < 4.78 is 25.2. The molecule has 2 atom stereocenters. The van der Waals surface area contributed by atoms with Gasteiger partial charge in [0.15, 0.2) is 9.84 Å². The van der Waals surface area contributed by atoms with Gasteiger partial charge in [-0.05, 0) is 51.0 Å². The standard InChI is InChI=1S/C18H26N2O3S.ClH/c1-13-11-20(12-14(2)19-13)18(21)15-7-9-17(10-8-15)24(22,23)16-5-3-4-6-16;/h7-10,13-14,16,19H,3-6,11-12H2,1-2H3;1H. The molecule has 140 valence electrons. The molecular formula is C18H27ClN2O3S. The van der Waals surface area contributed by atoms with Crippen LogP contribution in [0.3, 0.4) is 0 Å². The van der Waals surface area contributed by atoms with E-state index in [0.29, 0.717) is 23.5 Å². The quantitative estimate of drug-likeness (QED) is 0.867. The largest absolute Gasteiger partial charge is 0.336 e. The zero-order valence-corrected chi connectivity index (χ0v) is 16.4. The third-order valence-electron chi connectivity index (χ3n) is 5.02. The van der Waals surface area contributed by atoms with Gasteiger partial charge >= 0.3 is 0 Å². The molecule has 0 bridgehead atoms. The van der Waals surface area contributed by atoms with Crippen LogP contribution in [0.1, 0.15) is 49.9 Å². The number of carbonyl (C=O) groups excluding carboxylic acids is 1. The van der Waals surface area contributed by atoms with Gasteiger partial charge in [-0.3, -0.25) is 4.79 Å². The van der Waals surface area contributed by atoms with Crippen molar-refractivity contribution in [3.63, 3.8) is 0 Å². The molecule has 3 rings (SSSR count). The first-order chi connectivity index (χ1) is 11.4. The van der Waals surface area contributed by atoms with Crippen LogP contribution in [-0.2, 0) is 9.84 Å². The maximum Gasteiger partial charge on any atom is 0.253 e. The Morgan fingerprint density at radius 3 is 2.08 bits per heavy atom. The maximum absolute atomic E-state index is 12.7. The van der Waals surface area contributed by atoms with E-state index < -0.39 is 9.84 Å². The van der Waals surface area contributed by atoms with Crippen LogP contribution in [0.4, 0.5) is 0 Å². The van der Waals surface area contributed by atoms with E-state index in [1.54, 1.807) is 24.3 Å². The summed E-state index contributed by atoms with van der Waals surface area (Å²) in [5, 5.41) is 3.15. The molecule has 1 aliphatic carbocycles. The van der Waals surface area contributed by atoms with Crippen molar-refractivity contribution in [2.45, 2.75) is 61.8 Å². The molecule has 1 heterocycles. The van der Waals surface area contributed by atoms with Crippen molar-refractivity contribution >= 4 is 28.2 Å². The van der Waals surface area contributed by atoms with Crippen LogP contribution in [-0.4, -0.2) is 49.6 Å². The SMILES string of the molecule is CC1CN(C(=O)c2ccc(S(=O)(=O)C3CCCC3)cc2)CC(C)N1.Cl. The number of sulfone groups is 1. The molecule has 0 radical (unpaired) electrons. The number of halogens is 1. The lowest BCUT2D eigenvalue weighted by atomic mass is 10.1. The lowest BCUT2D eigenvalue weighted by Gasteiger charge is -2.36. The molecule has 1 amide bonds. The number of amides is 1. The van der Waals surface area contributed by atoms with Gasteiger partial charge in [0, 0.05) is 30.7 Å². The second-order valence-corrected chi connectivity index (χ2v) is 9.38. The van der Waals surface area contributed by atoms with Gasteiger partial charge in [0.05, 0.1) is 10.1 Å². The van der Waals surface area contributed by atoms with Crippen molar-refractivity contribution in [3.8, 4) is 0 Å². The molecule has 1 aliphatic heterocycles. The first kappa shape index (κ1) is 20.2. The topological polar surface area (TPSA) is 66.5 Å². The average molecular weight is 387 g/mol. The molecule has 0 aromatic heterocycles. The van der Waals surface area contributed by atoms with E-state index in [4.69, 9.17) is 0 Å². The van der Waals surface area contributed by atoms with E-state index in [9.17, 15) is 13.2 Å². The molecule has 2 fully saturated rings. The van der Waals surface area contributed by atoms with Crippen molar-refractivity contribution in [2.75, 3.05) is 13.1 Å². The van der Waals surface area contributed by atoms with E-state index >= 15 is 0 Å². The molecule has 5 nitrogen and oxygen atoms in total. The summed E-state index contributed by atoms with van der Waals surface area (Å²) in [6, 6.07) is 7.02. The van der Waals surface area contributed by atoms with Gasteiger partial charge < -0.3 is 10.2 Å². The fourth-order valence-electron chi connectivity index (χ4n) is 3.85. The Kier molecular flexibility index (Phi) is 6.51. The minimum absolute atomic E-state index is 0. The minimum Gasteiger partial charge on any atom is -0.336 e. The molecule has 0 spiro atoms. The monoisotopic (exact) mass is 386 g/mol. The number of hydrogen-bond acceptors (Lipinski definition) is 4. The normalized spacial score (nSPS) is 24.8. The van der Waals surface area contributed by atoms with Crippen LogP contribution in [0.5, 0.6) is 0 Å². The molecular weight excluding hydrogens is 360 g/mol. The highest BCUT2D eigenvalue weighted by atomic mass is 35.5. The third-order valence-corrected chi connectivity index (χ3v) is 7.29. The van der Waals surface area contributed by atoms with Gasteiger partial charge in [-0.1, -0.05) is 12.8 Å². The predicted molar refractivity (Wildman–Crippen MR) is 101 cm³/mol. The summed E-state index contributed by atoms with van der Waals surface area (Å²) in [5.41, 5.74) is 0.557. The summed E-state index contributed by atoms with van der Waals surface area (Å²) in [6.45, 7) is 5.47. The van der Waals surface area contributed by atoms with E-state index in [0.717, 1.165) is 25.7 Å². The third kappa shape index (κ3) is 4.36. The minimum atomic E-state index is -3.26. The molecule has 1 saturated heterocycles. The average Bonchev–Trinajstić information content (AvgIpc) is 3.08. The van der Waals surface area contributed by atoms with Crippen LogP contribution in [0.25, 0.3) is 0 Å². The van der Waals surface area contributed by atoms with Crippen molar-refractivity contribution in [1.29, 1.82) is 0 Å². The van der Waals surface area contributed by atoms with Crippen LogP contribution < -0.4 is 5.32 Å². The number of nitrogens with zero attached hydrogens (tertiary/aromatic N) is 1. The van der Waals surface area contributed by atoms with Crippen molar-refractivity contribution in [1.82, 2.24) is 10.2 Å². The van der Waals surface area contributed by atoms with E-state index in [1.807, 2.05) is 4.90 Å². The van der Waals surface area contributed by atoms with E-state index in [1.165, 1.54) is 0 Å². The molecule has 1 saturated carbocycles. The smallest absolute Gasteiger partial charge is 0.253 e. The Labute approximate surface area is 156 Å². The van der Waals surface area contributed by atoms with Gasteiger partial charge in [0.25, 0.3) is 5.91 Å². The van der Waals surface area contributed by atoms with Crippen molar-refractivity contribution < 1.29 is 13.2 Å². The Morgan fingerprint density at radius 2 is 1.56 bits per heavy atom. The summed E-state index contributed by atoms with van der Waals surface area (Å²) in [5.74, 6) is -0.0278. The Morgan fingerprint density at radius 1 is 1.04 bits per heavy atom. The fraction of sp³-hybridized carbons (Fsp3) is 0.611. The van der Waals surface area contributed by atoms with E-state index in [-0.39, 0.29) is 35.6 Å². The fourth-order valence-corrected chi connectivity index (χ4v) is 5.71. The molecule has 7 heteroatoms. The highest BCUT2D eigenvalue weighted by Crippen LogP contribution is 2.29. The molecule has 1 aromatic carbocycles. The Balaban J connectivity index is 0.00000225. The first-order valence-electron chi connectivity index (χ1n) is 8.77. The zero-order chi connectivity index (χ0) is 17.3. The summed E-state index contributed by atoms with van der Waals surface area (Å²) in [6.07, 6.45) is 3.47. The number of piperazine rings is 1. The zero-order valence-electron chi connectivity index (χ0n) is 14.8. The first-order valence-corrected chi connectivity index (χ1v) is 10.3. The molecule has 1 N–H and O–H groups in total. The molecule has 1 aromatic rings. The van der Waals surface area contributed by atoms with E-state index in [2.05, 4.69) is 19.2 Å². The number of carbonyl (C=O) groups is 1. The maximum atomic E-state index is 12.7. The summed E-state index contributed by atoms with van der Waals surface area (Å²) in [4.78, 5) is 14.8. The molecule has 25 heavy (non-hydrogen) atoms. The van der Waals surface area contributed by atoms with Gasteiger partial charge in [0.1, 0.15) is 0 Å². The number of hydrogen-bond donors (Lipinski definition) is 1. The second kappa shape index (κ2) is 8.06. The lowest BCUT2D eigenvalue weighted by Crippen LogP contribution is -2.55. The lowest BCUT2D eigenvalue weighted by molar-refractivity contribution is 0.0673. The number of rotatable bonds is 3. The number of benzene rings is 1. The predicted octanol–water partition coefficient (Wildman–Crippen LogP) is 2.65. The Bertz CT molecular complexity index is 690.